The summed E-state index contributed by atoms with van der Waals surface area (Å²) in [6.07, 6.45) is 0. The van der Waals surface area contributed by atoms with E-state index in [4.69, 9.17) is 4.42 Å². The number of aryl methyl sites for hydroxylation is 1. The minimum atomic E-state index is -0.542. The molecule has 0 saturated heterocycles. The average molecular weight is 368 g/mol. The van der Waals surface area contributed by atoms with Gasteiger partial charge in [0.15, 0.2) is 0 Å². The number of hydrogen-bond donors (Lipinski definition) is 2. The number of para-hydroxylation sites is 1. The van der Waals surface area contributed by atoms with Gasteiger partial charge in [0.05, 0.1) is 11.8 Å². The molecule has 0 aliphatic heterocycles. The second-order valence-electron chi connectivity index (χ2n) is 5.72. The quantitative estimate of drug-likeness (QED) is 0.529. The van der Waals surface area contributed by atoms with Gasteiger partial charge in [-0.1, -0.05) is 30.0 Å². The van der Waals surface area contributed by atoms with Crippen LogP contribution in [0.15, 0.2) is 44.6 Å². The number of carbonyl (C=O) groups excluding carboxylic acids is 1. The number of nitriles is 1. The van der Waals surface area contributed by atoms with Crippen molar-refractivity contribution in [3.63, 3.8) is 0 Å². The molecule has 2 aromatic heterocycles. The van der Waals surface area contributed by atoms with Crippen LogP contribution in [0.3, 0.4) is 0 Å². The van der Waals surface area contributed by atoms with E-state index >= 15 is 0 Å². The van der Waals surface area contributed by atoms with Gasteiger partial charge in [-0.3, -0.25) is 4.79 Å². The summed E-state index contributed by atoms with van der Waals surface area (Å²) in [4.78, 5) is 29.9. The van der Waals surface area contributed by atoms with Crippen LogP contribution in [0.25, 0.3) is 11.0 Å². The number of amides is 1. The summed E-state index contributed by atoms with van der Waals surface area (Å²) >= 11 is 1.05. The van der Waals surface area contributed by atoms with E-state index in [0.29, 0.717) is 11.5 Å². The molecule has 8 heteroatoms. The van der Waals surface area contributed by atoms with E-state index in [1.807, 2.05) is 43.3 Å². The molecule has 2 N–H and O–H groups in total. The molecule has 1 aromatic carbocycles. The number of thioether (sulfide) groups is 1. The Hall–Kier alpha value is -3.05. The van der Waals surface area contributed by atoms with E-state index in [0.717, 1.165) is 22.7 Å². The van der Waals surface area contributed by atoms with Gasteiger partial charge in [-0.2, -0.15) is 10.2 Å². The number of aromatic nitrogens is 2. The Labute approximate surface area is 153 Å². The summed E-state index contributed by atoms with van der Waals surface area (Å²) in [5.74, 6) is 0.453. The summed E-state index contributed by atoms with van der Waals surface area (Å²) in [5, 5.41) is 13.2. The summed E-state index contributed by atoms with van der Waals surface area (Å²) in [5.41, 5.74) is 0.929. The third-order valence-electron chi connectivity index (χ3n) is 3.79. The Kier molecular flexibility index (Phi) is 5.09. The Morgan fingerprint density at radius 1 is 1.46 bits per heavy atom. The molecule has 132 valence electrons. The highest BCUT2D eigenvalue weighted by molar-refractivity contribution is 8.00. The fourth-order valence-corrected chi connectivity index (χ4v) is 3.34. The number of nitrogens with zero attached hydrogens (tertiary/aromatic N) is 2. The summed E-state index contributed by atoms with van der Waals surface area (Å²) in [6, 6.07) is 11.2. The minimum Gasteiger partial charge on any atom is -0.459 e. The highest BCUT2D eigenvalue weighted by Crippen LogP contribution is 2.24. The maximum Gasteiger partial charge on any atom is 0.346 e. The maximum absolute atomic E-state index is 12.2. The topological polar surface area (TPSA) is 112 Å². The number of carbonyl (C=O) groups is 1. The van der Waals surface area contributed by atoms with Gasteiger partial charge in [-0.05, 0) is 26.0 Å². The van der Waals surface area contributed by atoms with E-state index in [9.17, 15) is 14.9 Å². The standard InChI is InChI=1S/C18H16N4O3S/c1-10-13(8-19)17(22-18(24)21-10)26-9-16(23)20-11(2)15-7-12-5-3-4-6-14(12)25-15/h3-7,11H,9H2,1-2H3,(H,20,23)(H,21,22,24)/t11-/m0/s1. The van der Waals surface area contributed by atoms with Crippen LogP contribution in [0, 0.1) is 18.3 Å². The summed E-state index contributed by atoms with van der Waals surface area (Å²) in [7, 11) is 0. The normalized spacial score (nSPS) is 11.9. The van der Waals surface area contributed by atoms with E-state index < -0.39 is 5.69 Å². The molecule has 0 spiro atoms. The third-order valence-corrected chi connectivity index (χ3v) is 4.76. The van der Waals surface area contributed by atoms with Crippen molar-refractivity contribution in [1.82, 2.24) is 15.3 Å². The molecule has 3 rings (SSSR count). The second-order valence-corrected chi connectivity index (χ2v) is 6.69. The lowest BCUT2D eigenvalue weighted by Gasteiger charge is -2.11. The van der Waals surface area contributed by atoms with Gasteiger partial charge < -0.3 is 14.7 Å². The first kappa shape index (κ1) is 17.8. The number of fused-ring (bicyclic) bond motifs is 1. The van der Waals surface area contributed by atoms with Crippen LogP contribution in [0.1, 0.15) is 30.0 Å². The smallest absolute Gasteiger partial charge is 0.346 e. The van der Waals surface area contributed by atoms with Gasteiger partial charge in [0.1, 0.15) is 28.0 Å². The van der Waals surface area contributed by atoms with Gasteiger partial charge in [0, 0.05) is 11.1 Å². The number of aromatic amines is 1. The number of hydrogen-bond acceptors (Lipinski definition) is 6. The van der Waals surface area contributed by atoms with Crippen LogP contribution < -0.4 is 11.0 Å². The molecule has 0 unspecified atom stereocenters. The Morgan fingerprint density at radius 3 is 2.96 bits per heavy atom. The van der Waals surface area contributed by atoms with Crippen molar-refractivity contribution >= 4 is 28.6 Å². The van der Waals surface area contributed by atoms with Crippen molar-refractivity contribution in [1.29, 1.82) is 5.26 Å². The maximum atomic E-state index is 12.2. The van der Waals surface area contributed by atoms with Crippen LogP contribution in [0.5, 0.6) is 0 Å². The van der Waals surface area contributed by atoms with E-state index in [-0.39, 0.29) is 28.3 Å². The van der Waals surface area contributed by atoms with Crippen molar-refractivity contribution in [2.24, 2.45) is 0 Å². The number of nitrogens with one attached hydrogen (secondary N) is 2. The van der Waals surface area contributed by atoms with Gasteiger partial charge in [0.25, 0.3) is 0 Å². The number of benzene rings is 1. The monoisotopic (exact) mass is 368 g/mol. The largest absolute Gasteiger partial charge is 0.459 e. The molecule has 0 aliphatic carbocycles. The highest BCUT2D eigenvalue weighted by atomic mass is 32.2. The Morgan fingerprint density at radius 2 is 2.23 bits per heavy atom. The number of rotatable bonds is 5. The lowest BCUT2D eigenvalue weighted by atomic mass is 10.2. The molecule has 0 radical (unpaired) electrons. The molecule has 0 aliphatic rings. The number of H-pyrrole nitrogens is 1. The van der Waals surface area contributed by atoms with Gasteiger partial charge in [-0.15, -0.1) is 0 Å². The SMILES string of the molecule is Cc1[nH]c(=O)nc(SCC(=O)N[C@@H](C)c2cc3ccccc3o2)c1C#N. The first-order valence-electron chi connectivity index (χ1n) is 7.89. The highest BCUT2D eigenvalue weighted by Gasteiger charge is 2.16. The molecule has 2 heterocycles. The lowest BCUT2D eigenvalue weighted by molar-refractivity contribution is -0.119. The molecule has 1 atom stereocenters. The number of furan rings is 1. The van der Waals surface area contributed by atoms with Crippen molar-refractivity contribution < 1.29 is 9.21 Å². The molecule has 0 bridgehead atoms. The minimum absolute atomic E-state index is 0.0368. The molecule has 1 amide bonds. The van der Waals surface area contributed by atoms with Crippen LogP contribution >= 0.6 is 11.8 Å². The predicted molar refractivity (Wildman–Crippen MR) is 97.8 cm³/mol. The average Bonchev–Trinajstić information content (AvgIpc) is 3.04. The molecular weight excluding hydrogens is 352 g/mol. The van der Waals surface area contributed by atoms with Crippen LogP contribution in [-0.4, -0.2) is 21.6 Å². The van der Waals surface area contributed by atoms with Gasteiger partial charge in [-0.25, -0.2) is 4.79 Å². The zero-order valence-corrected chi connectivity index (χ0v) is 15.0. The van der Waals surface area contributed by atoms with E-state index in [2.05, 4.69) is 15.3 Å². The molecule has 3 aromatic rings. The van der Waals surface area contributed by atoms with E-state index in [1.165, 1.54) is 0 Å². The fraction of sp³-hybridized carbons (Fsp3) is 0.222. The molecular formula is C18H16N4O3S. The van der Waals surface area contributed by atoms with Crippen LogP contribution in [0.2, 0.25) is 0 Å². The second kappa shape index (κ2) is 7.45. The third kappa shape index (κ3) is 3.78. The molecule has 7 nitrogen and oxygen atoms in total. The van der Waals surface area contributed by atoms with Crippen molar-refractivity contribution in [2.45, 2.75) is 24.9 Å². The van der Waals surface area contributed by atoms with Gasteiger partial charge in [0.2, 0.25) is 5.91 Å². The zero-order chi connectivity index (χ0) is 18.7. The first-order chi connectivity index (χ1) is 12.5. The van der Waals surface area contributed by atoms with Crippen molar-refractivity contribution in [3.8, 4) is 6.07 Å². The fourth-order valence-electron chi connectivity index (χ4n) is 2.50. The van der Waals surface area contributed by atoms with Crippen molar-refractivity contribution in [2.75, 3.05) is 5.75 Å². The zero-order valence-electron chi connectivity index (χ0n) is 14.2. The summed E-state index contributed by atoms with van der Waals surface area (Å²) in [6.45, 7) is 3.45. The van der Waals surface area contributed by atoms with Crippen LogP contribution in [-0.2, 0) is 4.79 Å². The van der Waals surface area contributed by atoms with Crippen LogP contribution in [0.4, 0.5) is 0 Å². The summed E-state index contributed by atoms with van der Waals surface area (Å²) < 4.78 is 5.74. The Balaban J connectivity index is 1.66. The predicted octanol–water partition coefficient (Wildman–Crippen LogP) is 2.67. The van der Waals surface area contributed by atoms with Crippen molar-refractivity contribution in [3.05, 3.63) is 57.8 Å². The van der Waals surface area contributed by atoms with Gasteiger partial charge >= 0.3 is 5.69 Å². The molecule has 26 heavy (non-hydrogen) atoms. The molecule has 0 fully saturated rings. The first-order valence-corrected chi connectivity index (χ1v) is 8.88. The Bertz CT molecular complexity index is 1030. The molecule has 0 saturated carbocycles. The lowest BCUT2D eigenvalue weighted by Crippen LogP contribution is -2.28. The van der Waals surface area contributed by atoms with E-state index in [1.54, 1.807) is 6.92 Å².